The zero-order chi connectivity index (χ0) is 19.7. The third-order valence-corrected chi connectivity index (χ3v) is 5.01. The number of amides is 1. The van der Waals surface area contributed by atoms with Crippen LogP contribution < -0.4 is 4.74 Å². The standard InChI is InChI=1S/C22H20ClN3O2/c1-3-25(4-2)22(27)28-21-20-18-11-6-5-8-15(18)12-13-19(20)24-26(21)17-10-7-9-16(23)14-17/h5-14H,3-4H2,1-2H3. The van der Waals surface area contributed by atoms with Crippen molar-refractivity contribution in [1.29, 1.82) is 0 Å². The molecule has 4 rings (SSSR count). The first-order valence-electron chi connectivity index (χ1n) is 9.25. The first-order valence-corrected chi connectivity index (χ1v) is 9.63. The van der Waals surface area contributed by atoms with E-state index in [-0.39, 0.29) is 0 Å². The molecule has 0 atom stereocenters. The highest BCUT2D eigenvalue weighted by Crippen LogP contribution is 2.35. The number of carbonyl (C=O) groups is 1. The van der Waals surface area contributed by atoms with Crippen molar-refractivity contribution in [2.45, 2.75) is 13.8 Å². The molecule has 0 spiro atoms. The molecule has 28 heavy (non-hydrogen) atoms. The fourth-order valence-electron chi connectivity index (χ4n) is 3.33. The van der Waals surface area contributed by atoms with E-state index in [1.807, 2.05) is 62.4 Å². The van der Waals surface area contributed by atoms with Crippen molar-refractivity contribution in [2.75, 3.05) is 13.1 Å². The summed E-state index contributed by atoms with van der Waals surface area (Å²) in [4.78, 5) is 14.4. The summed E-state index contributed by atoms with van der Waals surface area (Å²) in [6.07, 6.45) is -0.400. The van der Waals surface area contributed by atoms with Crippen molar-refractivity contribution in [3.63, 3.8) is 0 Å². The molecule has 142 valence electrons. The van der Waals surface area contributed by atoms with Crippen LogP contribution in [-0.4, -0.2) is 33.9 Å². The largest absolute Gasteiger partial charge is 0.416 e. The predicted molar refractivity (Wildman–Crippen MR) is 113 cm³/mol. The molecule has 6 heteroatoms. The number of benzene rings is 3. The van der Waals surface area contributed by atoms with Crippen LogP contribution >= 0.6 is 11.6 Å². The van der Waals surface area contributed by atoms with Gasteiger partial charge in [0.25, 0.3) is 0 Å². The van der Waals surface area contributed by atoms with Crippen LogP contribution in [0.3, 0.4) is 0 Å². The number of carbonyl (C=O) groups excluding carboxylic acids is 1. The van der Waals surface area contributed by atoms with E-state index in [9.17, 15) is 4.79 Å². The second-order valence-electron chi connectivity index (χ2n) is 6.42. The number of halogens is 1. The Morgan fingerprint density at radius 1 is 1.07 bits per heavy atom. The number of nitrogens with zero attached hydrogens (tertiary/aromatic N) is 3. The maximum Gasteiger partial charge on any atom is 0.416 e. The summed E-state index contributed by atoms with van der Waals surface area (Å²) in [6.45, 7) is 4.98. The van der Waals surface area contributed by atoms with Crippen LogP contribution in [0.15, 0.2) is 60.7 Å². The van der Waals surface area contributed by atoms with Crippen molar-refractivity contribution in [2.24, 2.45) is 0 Å². The Hall–Kier alpha value is -3.05. The molecule has 0 aliphatic heterocycles. The van der Waals surface area contributed by atoms with Crippen molar-refractivity contribution in [3.05, 3.63) is 65.7 Å². The van der Waals surface area contributed by atoms with Gasteiger partial charge < -0.3 is 9.64 Å². The summed E-state index contributed by atoms with van der Waals surface area (Å²) in [6, 6.07) is 19.3. The van der Waals surface area contributed by atoms with E-state index >= 15 is 0 Å². The topological polar surface area (TPSA) is 47.4 Å². The highest BCUT2D eigenvalue weighted by molar-refractivity contribution is 6.30. The Balaban J connectivity index is 1.98. The van der Waals surface area contributed by atoms with Crippen molar-refractivity contribution in [3.8, 4) is 11.6 Å². The molecule has 1 amide bonds. The Morgan fingerprint density at radius 2 is 1.86 bits per heavy atom. The molecule has 0 saturated heterocycles. The number of aromatic nitrogens is 2. The molecule has 1 heterocycles. The Kier molecular flexibility index (Phi) is 4.92. The van der Waals surface area contributed by atoms with Crippen LogP contribution in [0.5, 0.6) is 5.88 Å². The first kappa shape index (κ1) is 18.3. The van der Waals surface area contributed by atoms with Gasteiger partial charge in [0.05, 0.1) is 16.6 Å². The molecular formula is C22H20ClN3O2. The maximum absolute atomic E-state index is 12.7. The molecule has 0 unspecified atom stereocenters. The van der Waals surface area contributed by atoms with Gasteiger partial charge in [-0.1, -0.05) is 48.0 Å². The van der Waals surface area contributed by atoms with Crippen LogP contribution in [0.1, 0.15) is 13.8 Å². The van der Waals surface area contributed by atoms with Crippen molar-refractivity contribution >= 4 is 39.4 Å². The van der Waals surface area contributed by atoms with Crippen LogP contribution in [-0.2, 0) is 0 Å². The van der Waals surface area contributed by atoms with Crippen LogP contribution in [0.2, 0.25) is 5.02 Å². The van der Waals surface area contributed by atoms with Crippen LogP contribution in [0.4, 0.5) is 4.79 Å². The summed E-state index contributed by atoms with van der Waals surface area (Å²) in [5, 5.41) is 8.13. The molecule has 0 aliphatic rings. The van der Waals surface area contributed by atoms with E-state index in [2.05, 4.69) is 0 Å². The highest BCUT2D eigenvalue weighted by atomic mass is 35.5. The van der Waals surface area contributed by atoms with Gasteiger partial charge in [0.15, 0.2) is 0 Å². The van der Waals surface area contributed by atoms with Crippen LogP contribution in [0.25, 0.3) is 27.4 Å². The molecule has 0 aliphatic carbocycles. The molecular weight excluding hydrogens is 374 g/mol. The minimum atomic E-state index is -0.400. The van der Waals surface area contributed by atoms with E-state index in [0.717, 1.165) is 27.4 Å². The lowest BCUT2D eigenvalue weighted by molar-refractivity contribution is 0.155. The molecule has 0 fully saturated rings. The van der Waals surface area contributed by atoms with Gasteiger partial charge in [0.2, 0.25) is 5.88 Å². The summed E-state index contributed by atoms with van der Waals surface area (Å²) in [7, 11) is 0. The smallest absolute Gasteiger partial charge is 0.390 e. The SMILES string of the molecule is CCN(CC)C(=O)Oc1c2c(ccc3ccccc32)nn1-c1cccc(Cl)c1. The van der Waals surface area contributed by atoms with Gasteiger partial charge in [-0.15, -0.1) is 0 Å². The van der Waals surface area contributed by atoms with Gasteiger partial charge in [-0.2, -0.15) is 9.78 Å². The fourth-order valence-corrected chi connectivity index (χ4v) is 3.52. The van der Waals surface area contributed by atoms with E-state index in [0.29, 0.717) is 24.0 Å². The lowest BCUT2D eigenvalue weighted by atomic mass is 10.1. The number of ether oxygens (including phenoxy) is 1. The van der Waals surface area contributed by atoms with Gasteiger partial charge in [-0.05, 0) is 48.9 Å². The summed E-state index contributed by atoms with van der Waals surface area (Å²) >= 11 is 6.18. The minimum absolute atomic E-state index is 0.394. The highest BCUT2D eigenvalue weighted by Gasteiger charge is 2.22. The Labute approximate surface area is 168 Å². The summed E-state index contributed by atoms with van der Waals surface area (Å²) < 4.78 is 7.53. The van der Waals surface area contributed by atoms with E-state index in [1.165, 1.54) is 0 Å². The average molecular weight is 394 g/mol. The molecule has 1 aromatic heterocycles. The van der Waals surface area contributed by atoms with E-state index in [4.69, 9.17) is 21.4 Å². The lowest BCUT2D eigenvalue weighted by Gasteiger charge is -2.18. The van der Waals surface area contributed by atoms with Gasteiger partial charge in [-0.3, -0.25) is 0 Å². The molecule has 3 aromatic carbocycles. The third kappa shape index (κ3) is 3.18. The summed E-state index contributed by atoms with van der Waals surface area (Å²) in [5.74, 6) is 0.394. The van der Waals surface area contributed by atoms with E-state index < -0.39 is 6.09 Å². The van der Waals surface area contributed by atoms with Crippen molar-refractivity contribution < 1.29 is 9.53 Å². The fraction of sp³-hybridized carbons (Fsp3) is 0.182. The van der Waals surface area contributed by atoms with Crippen molar-refractivity contribution in [1.82, 2.24) is 14.7 Å². The second kappa shape index (κ2) is 7.52. The zero-order valence-electron chi connectivity index (χ0n) is 15.7. The van der Waals surface area contributed by atoms with E-state index in [1.54, 1.807) is 21.7 Å². The Morgan fingerprint density at radius 3 is 2.61 bits per heavy atom. The number of hydrogen-bond acceptors (Lipinski definition) is 3. The van der Waals surface area contributed by atoms with Gasteiger partial charge in [0.1, 0.15) is 0 Å². The molecule has 4 aromatic rings. The molecule has 0 bridgehead atoms. The quantitative estimate of drug-likeness (QED) is 0.448. The van der Waals surface area contributed by atoms with Gasteiger partial charge in [-0.25, -0.2) is 4.79 Å². The molecule has 0 saturated carbocycles. The minimum Gasteiger partial charge on any atom is -0.390 e. The number of hydrogen-bond donors (Lipinski definition) is 0. The second-order valence-corrected chi connectivity index (χ2v) is 6.85. The third-order valence-electron chi connectivity index (χ3n) is 4.78. The monoisotopic (exact) mass is 393 g/mol. The number of fused-ring (bicyclic) bond motifs is 3. The van der Waals surface area contributed by atoms with Gasteiger partial charge >= 0.3 is 6.09 Å². The number of rotatable bonds is 4. The lowest BCUT2D eigenvalue weighted by Crippen LogP contribution is -2.33. The summed E-state index contributed by atoms with van der Waals surface area (Å²) in [5.41, 5.74) is 1.48. The first-order chi connectivity index (χ1) is 13.6. The van der Waals surface area contributed by atoms with Crippen LogP contribution in [0, 0.1) is 0 Å². The van der Waals surface area contributed by atoms with Gasteiger partial charge in [0, 0.05) is 18.1 Å². The normalized spacial score (nSPS) is 11.1. The average Bonchev–Trinajstić information content (AvgIpc) is 3.08. The molecule has 0 radical (unpaired) electrons. The molecule has 0 N–H and O–H groups in total. The zero-order valence-corrected chi connectivity index (χ0v) is 16.5. The predicted octanol–water partition coefficient (Wildman–Crippen LogP) is 5.67. The molecule has 5 nitrogen and oxygen atoms in total. The maximum atomic E-state index is 12.7. The Bertz CT molecular complexity index is 1170.